The number of hydrogen-bond donors (Lipinski definition) is 2. The van der Waals surface area contributed by atoms with Crippen molar-refractivity contribution >= 4 is 40.6 Å². The number of anilines is 1. The molecule has 0 saturated heterocycles. The van der Waals surface area contributed by atoms with Crippen LogP contribution in [0, 0.1) is 6.92 Å². The molecule has 10 heteroatoms. The molecule has 0 radical (unpaired) electrons. The van der Waals surface area contributed by atoms with Gasteiger partial charge in [0.05, 0.1) is 23.4 Å². The monoisotopic (exact) mass is 389 g/mol. The van der Waals surface area contributed by atoms with Gasteiger partial charge in [0.1, 0.15) is 0 Å². The topological polar surface area (TPSA) is 85.1 Å². The first kappa shape index (κ1) is 19.3. The third-order valence-corrected chi connectivity index (χ3v) is 5.31. The van der Waals surface area contributed by atoms with Gasteiger partial charge in [0, 0.05) is 10.6 Å². The summed E-state index contributed by atoms with van der Waals surface area (Å²) in [7, 11) is 0. The van der Waals surface area contributed by atoms with Gasteiger partial charge in [-0.15, -0.1) is 11.3 Å². The summed E-state index contributed by atoms with van der Waals surface area (Å²) in [5.41, 5.74) is 5.06. The molecule has 0 aliphatic rings. The highest BCUT2D eigenvalue weighted by molar-refractivity contribution is 8.01. The summed E-state index contributed by atoms with van der Waals surface area (Å²) in [6.45, 7) is 1.74. The minimum atomic E-state index is -4.47. The maximum Gasteiger partial charge on any atom is 0.416 e. The van der Waals surface area contributed by atoms with Crippen LogP contribution in [0.3, 0.4) is 0 Å². The van der Waals surface area contributed by atoms with E-state index in [4.69, 9.17) is 5.73 Å². The third-order valence-electron chi connectivity index (χ3n) is 3.01. The second kappa shape index (κ2) is 7.87. The Hall–Kier alpha value is -2.07. The van der Waals surface area contributed by atoms with Crippen LogP contribution in [-0.2, 0) is 22.2 Å². The molecule has 0 spiro atoms. The van der Waals surface area contributed by atoms with E-state index in [0.717, 1.165) is 28.8 Å². The predicted molar refractivity (Wildman–Crippen MR) is 90.5 cm³/mol. The van der Waals surface area contributed by atoms with Crippen molar-refractivity contribution in [1.29, 1.82) is 0 Å². The number of carbonyl (C=O) groups is 2. The van der Waals surface area contributed by atoms with Crippen molar-refractivity contribution in [2.45, 2.75) is 23.9 Å². The summed E-state index contributed by atoms with van der Waals surface area (Å²) in [5, 5.41) is 2.42. The highest BCUT2D eigenvalue weighted by Gasteiger charge is 2.30. The number of hydrogen-bond acceptors (Lipinski definition) is 5. The standard InChI is InChI=1S/C15H14F3N3O2S2/c1-8-11(6-12(19)22)25-14(20-8)24-7-13(23)21-10-4-2-3-9(5-10)15(16,17)18/h2-5H,6-7H2,1H3,(H2,19,22)(H,21,23). The Balaban J connectivity index is 1.94. The van der Waals surface area contributed by atoms with E-state index in [-0.39, 0.29) is 17.9 Å². The number of halogens is 3. The predicted octanol–water partition coefficient (Wildman–Crippen LogP) is 3.23. The number of aryl methyl sites for hydroxylation is 1. The minimum absolute atomic E-state index is 0.0147. The first-order valence-corrected chi connectivity index (χ1v) is 8.80. The third kappa shape index (κ3) is 5.75. The van der Waals surface area contributed by atoms with Crippen molar-refractivity contribution in [3.05, 3.63) is 40.4 Å². The molecule has 0 aliphatic carbocycles. The molecule has 134 valence electrons. The van der Waals surface area contributed by atoms with Gasteiger partial charge in [-0.3, -0.25) is 9.59 Å². The van der Waals surface area contributed by atoms with Crippen molar-refractivity contribution < 1.29 is 22.8 Å². The van der Waals surface area contributed by atoms with Crippen LogP contribution in [0.1, 0.15) is 16.1 Å². The molecule has 1 aromatic carbocycles. The van der Waals surface area contributed by atoms with Crippen LogP contribution in [0.5, 0.6) is 0 Å². The van der Waals surface area contributed by atoms with Gasteiger partial charge >= 0.3 is 6.18 Å². The van der Waals surface area contributed by atoms with Gasteiger partial charge in [0.25, 0.3) is 0 Å². The van der Waals surface area contributed by atoms with Crippen molar-refractivity contribution in [3.8, 4) is 0 Å². The molecule has 1 aromatic heterocycles. The lowest BCUT2D eigenvalue weighted by molar-refractivity contribution is -0.137. The number of benzene rings is 1. The summed E-state index contributed by atoms with van der Waals surface area (Å²) < 4.78 is 38.5. The number of thiazole rings is 1. The van der Waals surface area contributed by atoms with Gasteiger partial charge in [-0.1, -0.05) is 17.8 Å². The highest BCUT2D eigenvalue weighted by Crippen LogP contribution is 2.31. The zero-order valence-electron chi connectivity index (χ0n) is 13.0. The van der Waals surface area contributed by atoms with Crippen molar-refractivity contribution in [2.75, 3.05) is 11.1 Å². The molecular formula is C15H14F3N3O2S2. The van der Waals surface area contributed by atoms with Crippen molar-refractivity contribution in [1.82, 2.24) is 4.98 Å². The van der Waals surface area contributed by atoms with Crippen LogP contribution in [0.25, 0.3) is 0 Å². The van der Waals surface area contributed by atoms with E-state index in [9.17, 15) is 22.8 Å². The summed E-state index contributed by atoms with van der Waals surface area (Å²) in [6.07, 6.45) is -4.38. The van der Waals surface area contributed by atoms with Crippen LogP contribution >= 0.6 is 23.1 Å². The fourth-order valence-corrected chi connectivity index (χ4v) is 3.93. The molecule has 1 heterocycles. The number of nitrogens with two attached hydrogens (primary N) is 1. The maximum atomic E-state index is 12.6. The zero-order chi connectivity index (χ0) is 18.6. The zero-order valence-corrected chi connectivity index (χ0v) is 14.6. The molecule has 5 nitrogen and oxygen atoms in total. The first-order valence-electron chi connectivity index (χ1n) is 6.99. The molecule has 0 bridgehead atoms. The van der Waals surface area contributed by atoms with Gasteiger partial charge < -0.3 is 11.1 Å². The molecule has 3 N–H and O–H groups in total. The van der Waals surface area contributed by atoms with Crippen LogP contribution in [0.2, 0.25) is 0 Å². The van der Waals surface area contributed by atoms with E-state index >= 15 is 0 Å². The molecule has 0 aliphatic heterocycles. The average Bonchev–Trinajstić information content (AvgIpc) is 2.84. The molecule has 0 saturated carbocycles. The maximum absolute atomic E-state index is 12.6. The Bertz CT molecular complexity index is 791. The number of alkyl halides is 3. The lowest BCUT2D eigenvalue weighted by Crippen LogP contribution is -2.15. The molecule has 25 heavy (non-hydrogen) atoms. The smallest absolute Gasteiger partial charge is 0.369 e. The van der Waals surface area contributed by atoms with Crippen molar-refractivity contribution in [2.24, 2.45) is 5.73 Å². The summed E-state index contributed by atoms with van der Waals surface area (Å²) in [6, 6.07) is 4.42. The first-order chi connectivity index (χ1) is 11.6. The number of rotatable bonds is 6. The van der Waals surface area contributed by atoms with E-state index in [1.165, 1.54) is 23.5 Å². The quantitative estimate of drug-likeness (QED) is 0.743. The Morgan fingerprint density at radius 3 is 2.72 bits per heavy atom. The minimum Gasteiger partial charge on any atom is -0.369 e. The van der Waals surface area contributed by atoms with Gasteiger partial charge in [-0.25, -0.2) is 4.98 Å². The lowest BCUT2D eigenvalue weighted by atomic mass is 10.2. The van der Waals surface area contributed by atoms with Crippen LogP contribution < -0.4 is 11.1 Å². The van der Waals surface area contributed by atoms with E-state index in [1.54, 1.807) is 6.92 Å². The normalized spacial score (nSPS) is 11.4. The lowest BCUT2D eigenvalue weighted by Gasteiger charge is -2.09. The largest absolute Gasteiger partial charge is 0.416 e. The number of amides is 2. The summed E-state index contributed by atoms with van der Waals surface area (Å²) in [5.74, 6) is -0.932. The number of nitrogens with one attached hydrogen (secondary N) is 1. The number of thioether (sulfide) groups is 1. The Kier molecular flexibility index (Phi) is 6.07. The summed E-state index contributed by atoms with van der Waals surface area (Å²) >= 11 is 2.40. The Labute approximate surface area is 149 Å². The Morgan fingerprint density at radius 1 is 1.36 bits per heavy atom. The second-order valence-electron chi connectivity index (χ2n) is 5.05. The second-order valence-corrected chi connectivity index (χ2v) is 7.35. The molecule has 2 amide bonds. The highest BCUT2D eigenvalue weighted by atomic mass is 32.2. The fourth-order valence-electron chi connectivity index (χ4n) is 1.88. The fraction of sp³-hybridized carbons (Fsp3) is 0.267. The number of primary amides is 1. The van der Waals surface area contributed by atoms with E-state index in [1.807, 2.05) is 0 Å². The molecule has 2 rings (SSSR count). The number of nitrogens with zero attached hydrogens (tertiary/aromatic N) is 1. The van der Waals surface area contributed by atoms with E-state index in [0.29, 0.717) is 10.0 Å². The average molecular weight is 389 g/mol. The van der Waals surface area contributed by atoms with Crippen molar-refractivity contribution in [3.63, 3.8) is 0 Å². The van der Waals surface area contributed by atoms with Gasteiger partial charge in [0.2, 0.25) is 11.8 Å². The molecular weight excluding hydrogens is 375 g/mol. The molecule has 2 aromatic rings. The number of carbonyl (C=O) groups excluding carboxylic acids is 2. The van der Waals surface area contributed by atoms with Gasteiger partial charge in [-0.05, 0) is 25.1 Å². The van der Waals surface area contributed by atoms with Gasteiger partial charge in [0.15, 0.2) is 4.34 Å². The Morgan fingerprint density at radius 2 is 2.08 bits per heavy atom. The molecule has 0 fully saturated rings. The van der Waals surface area contributed by atoms with Crippen LogP contribution in [-0.4, -0.2) is 22.6 Å². The molecule has 0 atom stereocenters. The van der Waals surface area contributed by atoms with Crippen LogP contribution in [0.4, 0.5) is 18.9 Å². The SMILES string of the molecule is Cc1nc(SCC(=O)Nc2cccc(C(F)(F)F)c2)sc1CC(N)=O. The number of aromatic nitrogens is 1. The van der Waals surface area contributed by atoms with Gasteiger partial charge in [-0.2, -0.15) is 13.2 Å². The van der Waals surface area contributed by atoms with Crippen LogP contribution in [0.15, 0.2) is 28.6 Å². The summed E-state index contributed by atoms with van der Waals surface area (Å²) in [4.78, 5) is 27.8. The molecule has 0 unspecified atom stereocenters. The van der Waals surface area contributed by atoms with E-state index < -0.39 is 23.6 Å². The van der Waals surface area contributed by atoms with E-state index in [2.05, 4.69) is 10.3 Å².